The number of carbonyl (C=O) groups is 2. The summed E-state index contributed by atoms with van der Waals surface area (Å²) in [7, 11) is 0. The van der Waals surface area contributed by atoms with Crippen LogP contribution in [0.4, 0.5) is 0 Å². The Balaban J connectivity index is 1.87. The standard InChI is InChI=1S/C15H18N2O3S2/c1-8-4-6-9(7-5-8)21-15(16)12(20)17-10(11(18)19)14(2,3)22-13(15)17/h4-7,10,13H,16H2,1-3H3,(H,18,19). The van der Waals surface area contributed by atoms with Crippen molar-refractivity contribution in [1.82, 2.24) is 4.90 Å². The van der Waals surface area contributed by atoms with Gasteiger partial charge in [-0.1, -0.05) is 29.5 Å². The van der Waals surface area contributed by atoms with Crippen LogP contribution in [0.1, 0.15) is 19.4 Å². The number of carboxylic acid groups (broad SMARTS) is 1. The SMILES string of the molecule is Cc1ccc(SC2(N)C(=O)N3C(C(=O)O)C(C)(C)SC32)cc1. The van der Waals surface area contributed by atoms with Gasteiger partial charge in [-0.15, -0.1) is 11.8 Å². The van der Waals surface area contributed by atoms with Gasteiger partial charge >= 0.3 is 5.97 Å². The molecule has 0 bridgehead atoms. The average Bonchev–Trinajstić information content (AvgIpc) is 2.71. The fourth-order valence-electron chi connectivity index (χ4n) is 2.95. The minimum atomic E-state index is -1.10. The number of hydrogen-bond acceptors (Lipinski definition) is 5. The van der Waals surface area contributed by atoms with Crippen molar-refractivity contribution < 1.29 is 14.7 Å². The molecule has 2 aliphatic rings. The van der Waals surface area contributed by atoms with Gasteiger partial charge in [0.15, 0.2) is 4.87 Å². The third-order valence-electron chi connectivity index (χ3n) is 4.08. The first kappa shape index (κ1) is 15.7. The summed E-state index contributed by atoms with van der Waals surface area (Å²) in [5.74, 6) is -1.27. The lowest BCUT2D eigenvalue weighted by atomic mass is 9.96. The maximum Gasteiger partial charge on any atom is 0.327 e. The van der Waals surface area contributed by atoms with E-state index in [4.69, 9.17) is 5.73 Å². The highest BCUT2D eigenvalue weighted by Gasteiger charge is 2.70. The molecule has 22 heavy (non-hydrogen) atoms. The molecule has 1 aromatic rings. The number of β-lactam (4-membered cyclic amide) rings is 1. The Kier molecular flexibility index (Phi) is 3.50. The number of rotatable bonds is 3. The number of thioether (sulfide) groups is 2. The monoisotopic (exact) mass is 338 g/mol. The highest BCUT2D eigenvalue weighted by atomic mass is 32.2. The van der Waals surface area contributed by atoms with Gasteiger partial charge in [-0.2, -0.15) is 0 Å². The van der Waals surface area contributed by atoms with Crippen LogP contribution in [0, 0.1) is 6.92 Å². The van der Waals surface area contributed by atoms with E-state index >= 15 is 0 Å². The number of nitrogens with zero attached hydrogens (tertiary/aromatic N) is 1. The third kappa shape index (κ3) is 2.14. The second kappa shape index (κ2) is 4.91. The number of aliphatic carboxylic acids is 1. The predicted octanol–water partition coefficient (Wildman–Crippen LogP) is 1.89. The summed E-state index contributed by atoms with van der Waals surface area (Å²) >= 11 is 2.78. The van der Waals surface area contributed by atoms with E-state index in [1.807, 2.05) is 45.0 Å². The Morgan fingerprint density at radius 2 is 1.95 bits per heavy atom. The van der Waals surface area contributed by atoms with Gasteiger partial charge in [-0.25, -0.2) is 4.79 Å². The molecule has 0 aromatic heterocycles. The summed E-state index contributed by atoms with van der Waals surface area (Å²) < 4.78 is -0.554. The van der Waals surface area contributed by atoms with E-state index in [2.05, 4.69) is 0 Å². The molecule has 2 aliphatic heterocycles. The number of benzene rings is 1. The first-order valence-electron chi connectivity index (χ1n) is 6.95. The average molecular weight is 338 g/mol. The molecule has 0 aliphatic carbocycles. The van der Waals surface area contributed by atoms with Crippen molar-refractivity contribution in [2.24, 2.45) is 5.73 Å². The molecule has 0 saturated carbocycles. The molecule has 1 aromatic carbocycles. The van der Waals surface area contributed by atoms with Crippen LogP contribution in [0.15, 0.2) is 29.2 Å². The molecule has 3 rings (SSSR count). The van der Waals surface area contributed by atoms with E-state index in [0.29, 0.717) is 0 Å². The molecule has 3 unspecified atom stereocenters. The predicted molar refractivity (Wildman–Crippen MR) is 87.7 cm³/mol. The van der Waals surface area contributed by atoms with Crippen LogP contribution in [-0.4, -0.2) is 42.9 Å². The van der Waals surface area contributed by atoms with E-state index in [9.17, 15) is 14.7 Å². The Hall–Kier alpha value is -1.18. The van der Waals surface area contributed by atoms with E-state index in [-0.39, 0.29) is 11.3 Å². The zero-order valence-electron chi connectivity index (χ0n) is 12.6. The lowest BCUT2D eigenvalue weighted by Crippen LogP contribution is -2.76. The lowest BCUT2D eigenvalue weighted by Gasteiger charge is -2.50. The summed E-state index contributed by atoms with van der Waals surface area (Å²) in [5.41, 5.74) is 7.48. The molecular formula is C15H18N2O3S2. The van der Waals surface area contributed by atoms with Crippen molar-refractivity contribution in [1.29, 1.82) is 0 Å². The molecule has 5 nitrogen and oxygen atoms in total. The third-order valence-corrected chi connectivity index (χ3v) is 7.13. The zero-order valence-corrected chi connectivity index (χ0v) is 14.2. The molecule has 0 spiro atoms. The molecule has 7 heteroatoms. The quantitative estimate of drug-likeness (QED) is 0.647. The van der Waals surface area contributed by atoms with E-state index < -0.39 is 21.6 Å². The fraction of sp³-hybridized carbons (Fsp3) is 0.467. The van der Waals surface area contributed by atoms with Gasteiger partial charge in [0.1, 0.15) is 11.4 Å². The minimum absolute atomic E-state index is 0.298. The van der Waals surface area contributed by atoms with Crippen LogP contribution in [-0.2, 0) is 9.59 Å². The smallest absolute Gasteiger partial charge is 0.327 e. The molecule has 2 heterocycles. The molecule has 2 fully saturated rings. The fourth-order valence-corrected chi connectivity index (χ4v) is 5.83. The molecule has 3 atom stereocenters. The van der Waals surface area contributed by atoms with Crippen molar-refractivity contribution in [3.05, 3.63) is 29.8 Å². The van der Waals surface area contributed by atoms with Crippen LogP contribution in [0.5, 0.6) is 0 Å². The first-order chi connectivity index (χ1) is 10.2. The normalized spacial score (nSPS) is 32.5. The van der Waals surface area contributed by atoms with Gasteiger partial charge in [-0.3, -0.25) is 4.79 Å². The van der Waals surface area contributed by atoms with Crippen LogP contribution in [0.3, 0.4) is 0 Å². The zero-order chi connectivity index (χ0) is 16.3. The van der Waals surface area contributed by atoms with Crippen LogP contribution in [0.2, 0.25) is 0 Å². The lowest BCUT2D eigenvalue weighted by molar-refractivity contribution is -0.160. The summed E-state index contributed by atoms with van der Waals surface area (Å²) in [5, 5.41) is 9.11. The summed E-state index contributed by atoms with van der Waals surface area (Å²) in [6, 6.07) is 6.98. The summed E-state index contributed by atoms with van der Waals surface area (Å²) in [6.45, 7) is 5.69. The summed E-state index contributed by atoms with van der Waals surface area (Å²) in [6.07, 6.45) is 0. The Morgan fingerprint density at radius 3 is 2.50 bits per heavy atom. The topological polar surface area (TPSA) is 83.6 Å². The second-order valence-electron chi connectivity index (χ2n) is 6.24. The molecule has 2 saturated heterocycles. The Labute approximate surface area is 137 Å². The van der Waals surface area contributed by atoms with Crippen molar-refractivity contribution >= 4 is 35.4 Å². The minimum Gasteiger partial charge on any atom is -0.480 e. The molecule has 1 amide bonds. The van der Waals surface area contributed by atoms with E-state index in [0.717, 1.165) is 10.5 Å². The Morgan fingerprint density at radius 1 is 1.36 bits per heavy atom. The molecular weight excluding hydrogens is 320 g/mol. The van der Waals surface area contributed by atoms with Gasteiger partial charge in [0.25, 0.3) is 5.91 Å². The van der Waals surface area contributed by atoms with Gasteiger partial charge < -0.3 is 15.7 Å². The van der Waals surface area contributed by atoms with Crippen LogP contribution < -0.4 is 5.73 Å². The van der Waals surface area contributed by atoms with Gasteiger partial charge in [-0.05, 0) is 32.9 Å². The summed E-state index contributed by atoms with van der Waals surface area (Å²) in [4.78, 5) is 25.3. The number of amides is 1. The van der Waals surface area contributed by atoms with Gasteiger partial charge in [0.05, 0.1) is 0 Å². The number of fused-ring (bicyclic) bond motifs is 1. The van der Waals surface area contributed by atoms with Crippen molar-refractivity contribution in [3.8, 4) is 0 Å². The maximum absolute atomic E-state index is 12.5. The highest BCUT2D eigenvalue weighted by molar-refractivity contribution is 8.06. The Bertz CT molecular complexity index is 647. The van der Waals surface area contributed by atoms with Crippen molar-refractivity contribution in [2.45, 2.75) is 46.7 Å². The van der Waals surface area contributed by atoms with Crippen LogP contribution in [0.25, 0.3) is 0 Å². The number of carboxylic acids is 1. The van der Waals surface area contributed by atoms with Crippen LogP contribution >= 0.6 is 23.5 Å². The van der Waals surface area contributed by atoms with E-state index in [1.165, 1.54) is 28.4 Å². The van der Waals surface area contributed by atoms with Gasteiger partial charge in [0, 0.05) is 9.64 Å². The molecule has 3 N–H and O–H groups in total. The number of aryl methyl sites for hydroxylation is 1. The van der Waals surface area contributed by atoms with Gasteiger partial charge in [0.2, 0.25) is 0 Å². The largest absolute Gasteiger partial charge is 0.480 e. The maximum atomic E-state index is 12.5. The first-order valence-corrected chi connectivity index (χ1v) is 8.64. The van der Waals surface area contributed by atoms with E-state index in [1.54, 1.807) is 0 Å². The number of nitrogens with two attached hydrogens (primary N) is 1. The number of carbonyl (C=O) groups excluding carboxylic acids is 1. The highest BCUT2D eigenvalue weighted by Crippen LogP contribution is 2.58. The number of hydrogen-bond donors (Lipinski definition) is 2. The second-order valence-corrected chi connectivity index (χ2v) is 9.32. The van der Waals surface area contributed by atoms with Crippen molar-refractivity contribution in [2.75, 3.05) is 0 Å². The molecule has 0 radical (unpaired) electrons. The molecule has 118 valence electrons. The van der Waals surface area contributed by atoms with Crippen molar-refractivity contribution in [3.63, 3.8) is 0 Å².